The molecule has 0 radical (unpaired) electrons. The summed E-state index contributed by atoms with van der Waals surface area (Å²) < 4.78 is 7.94. The Bertz CT molecular complexity index is 451. The first-order valence-electron chi connectivity index (χ1n) is 7.89. The predicted molar refractivity (Wildman–Crippen MR) is 79.0 cm³/mol. The molecule has 1 aromatic rings. The summed E-state index contributed by atoms with van der Waals surface area (Å²) in [7, 11) is 0. The van der Waals surface area contributed by atoms with Crippen LogP contribution in [0.3, 0.4) is 0 Å². The molecule has 2 aliphatic heterocycles. The second-order valence-corrected chi connectivity index (χ2v) is 5.83. The first-order chi connectivity index (χ1) is 9.79. The van der Waals surface area contributed by atoms with Gasteiger partial charge in [-0.2, -0.15) is 0 Å². The Balaban J connectivity index is 1.78. The molecule has 112 valence electrons. The zero-order valence-electron chi connectivity index (χ0n) is 12.7. The van der Waals surface area contributed by atoms with E-state index in [1.165, 1.54) is 17.2 Å². The van der Waals surface area contributed by atoms with E-state index >= 15 is 0 Å². The van der Waals surface area contributed by atoms with Gasteiger partial charge in [-0.3, -0.25) is 4.90 Å². The normalized spacial score (nSPS) is 21.7. The second kappa shape index (κ2) is 6.24. The molecule has 3 rings (SSSR count). The average molecular weight is 278 g/mol. The van der Waals surface area contributed by atoms with Crippen molar-refractivity contribution in [1.29, 1.82) is 0 Å². The first kappa shape index (κ1) is 14.0. The monoisotopic (exact) mass is 278 g/mol. The number of nitrogens with one attached hydrogen (secondary N) is 1. The van der Waals surface area contributed by atoms with Crippen molar-refractivity contribution in [1.82, 2.24) is 19.8 Å². The molecular formula is C15H26N4O. The van der Waals surface area contributed by atoms with Crippen LogP contribution >= 0.6 is 0 Å². The number of morpholine rings is 1. The Morgan fingerprint density at radius 2 is 2.15 bits per heavy atom. The molecule has 5 heteroatoms. The topological polar surface area (TPSA) is 42.3 Å². The SMILES string of the molecule is CCc1nc2c(n1C(C)CN1CCOCC1)CCNC2. The minimum absolute atomic E-state index is 0.498. The van der Waals surface area contributed by atoms with Crippen LogP contribution in [0.1, 0.15) is 37.1 Å². The number of imidazole rings is 1. The maximum atomic E-state index is 5.44. The van der Waals surface area contributed by atoms with E-state index in [9.17, 15) is 0 Å². The standard InChI is InChI=1S/C15H26N4O/c1-3-15-17-13-10-16-5-4-14(13)19(15)12(2)11-18-6-8-20-9-7-18/h12,16H,3-11H2,1-2H3. The molecule has 1 atom stereocenters. The Kier molecular flexibility index (Phi) is 4.38. The van der Waals surface area contributed by atoms with Gasteiger partial charge in [0, 0.05) is 57.3 Å². The van der Waals surface area contributed by atoms with Crippen LogP contribution in [0, 0.1) is 0 Å². The third kappa shape index (κ3) is 2.75. The van der Waals surface area contributed by atoms with Crippen molar-refractivity contribution in [2.45, 2.75) is 39.3 Å². The van der Waals surface area contributed by atoms with Crippen molar-refractivity contribution in [2.24, 2.45) is 0 Å². The number of nitrogens with zero attached hydrogens (tertiary/aromatic N) is 3. The van der Waals surface area contributed by atoms with Crippen molar-refractivity contribution < 1.29 is 4.74 Å². The summed E-state index contributed by atoms with van der Waals surface area (Å²) in [6.45, 7) is 11.5. The van der Waals surface area contributed by atoms with Gasteiger partial charge in [0.15, 0.2) is 0 Å². The summed E-state index contributed by atoms with van der Waals surface area (Å²) in [5, 5.41) is 3.42. The third-order valence-corrected chi connectivity index (χ3v) is 4.38. The van der Waals surface area contributed by atoms with Crippen molar-refractivity contribution in [3.05, 3.63) is 17.2 Å². The summed E-state index contributed by atoms with van der Waals surface area (Å²) >= 11 is 0. The molecule has 0 aliphatic carbocycles. The molecule has 0 spiro atoms. The number of rotatable bonds is 4. The van der Waals surface area contributed by atoms with Gasteiger partial charge in [0.25, 0.3) is 0 Å². The van der Waals surface area contributed by atoms with E-state index in [2.05, 4.69) is 28.6 Å². The van der Waals surface area contributed by atoms with Crippen LogP contribution in [-0.4, -0.2) is 53.8 Å². The van der Waals surface area contributed by atoms with Crippen molar-refractivity contribution in [3.63, 3.8) is 0 Å². The zero-order valence-corrected chi connectivity index (χ0v) is 12.7. The number of aromatic nitrogens is 2. The average Bonchev–Trinajstić information content (AvgIpc) is 2.86. The van der Waals surface area contributed by atoms with E-state index < -0.39 is 0 Å². The molecule has 1 saturated heterocycles. The van der Waals surface area contributed by atoms with E-state index in [-0.39, 0.29) is 0 Å². The van der Waals surface area contributed by atoms with Gasteiger partial charge < -0.3 is 14.6 Å². The third-order valence-electron chi connectivity index (χ3n) is 4.38. The van der Waals surface area contributed by atoms with Crippen LogP contribution < -0.4 is 5.32 Å². The van der Waals surface area contributed by atoms with Gasteiger partial charge in [0.1, 0.15) is 5.82 Å². The molecule has 1 N–H and O–H groups in total. The minimum Gasteiger partial charge on any atom is -0.379 e. The quantitative estimate of drug-likeness (QED) is 0.892. The summed E-state index contributed by atoms with van der Waals surface area (Å²) in [6.07, 6.45) is 2.12. The number of hydrogen-bond donors (Lipinski definition) is 1. The zero-order chi connectivity index (χ0) is 13.9. The van der Waals surface area contributed by atoms with Crippen molar-refractivity contribution in [3.8, 4) is 0 Å². The summed E-state index contributed by atoms with van der Waals surface area (Å²) in [6, 6.07) is 0.498. The Morgan fingerprint density at radius 1 is 1.35 bits per heavy atom. The maximum Gasteiger partial charge on any atom is 0.109 e. The summed E-state index contributed by atoms with van der Waals surface area (Å²) in [5.41, 5.74) is 2.73. The molecule has 1 fully saturated rings. The van der Waals surface area contributed by atoms with Gasteiger partial charge in [-0.1, -0.05) is 6.92 Å². The lowest BCUT2D eigenvalue weighted by molar-refractivity contribution is 0.0323. The van der Waals surface area contributed by atoms with Crippen LogP contribution in [0.25, 0.3) is 0 Å². The maximum absolute atomic E-state index is 5.44. The number of ether oxygens (including phenoxy) is 1. The molecule has 2 aliphatic rings. The van der Waals surface area contributed by atoms with Gasteiger partial charge in [-0.05, 0) is 6.92 Å². The van der Waals surface area contributed by atoms with Crippen LogP contribution in [0.2, 0.25) is 0 Å². The number of aryl methyl sites for hydroxylation is 1. The summed E-state index contributed by atoms with van der Waals surface area (Å²) in [5.74, 6) is 1.25. The van der Waals surface area contributed by atoms with E-state index in [0.717, 1.165) is 58.8 Å². The molecule has 1 aromatic heterocycles. The fourth-order valence-electron chi connectivity index (χ4n) is 3.40. The largest absolute Gasteiger partial charge is 0.379 e. The second-order valence-electron chi connectivity index (χ2n) is 5.83. The fourth-order valence-corrected chi connectivity index (χ4v) is 3.40. The predicted octanol–water partition coefficient (Wildman–Crippen LogP) is 0.984. The molecule has 0 aromatic carbocycles. The fraction of sp³-hybridized carbons (Fsp3) is 0.800. The highest BCUT2D eigenvalue weighted by Gasteiger charge is 2.23. The molecular weight excluding hydrogens is 252 g/mol. The van der Waals surface area contributed by atoms with E-state index in [1.807, 2.05) is 0 Å². The molecule has 0 bridgehead atoms. The van der Waals surface area contributed by atoms with Crippen LogP contribution in [0.5, 0.6) is 0 Å². The lowest BCUT2D eigenvalue weighted by Gasteiger charge is -2.31. The highest BCUT2D eigenvalue weighted by atomic mass is 16.5. The number of hydrogen-bond acceptors (Lipinski definition) is 4. The highest BCUT2D eigenvalue weighted by Crippen LogP contribution is 2.22. The first-order valence-corrected chi connectivity index (χ1v) is 7.89. The Labute approximate surface area is 121 Å². The smallest absolute Gasteiger partial charge is 0.109 e. The van der Waals surface area contributed by atoms with Gasteiger partial charge in [0.05, 0.1) is 18.9 Å². The molecule has 1 unspecified atom stereocenters. The van der Waals surface area contributed by atoms with Crippen LogP contribution in [0.15, 0.2) is 0 Å². The van der Waals surface area contributed by atoms with Crippen LogP contribution in [0.4, 0.5) is 0 Å². The van der Waals surface area contributed by atoms with E-state index in [4.69, 9.17) is 9.72 Å². The minimum atomic E-state index is 0.498. The van der Waals surface area contributed by atoms with Crippen molar-refractivity contribution in [2.75, 3.05) is 39.4 Å². The van der Waals surface area contributed by atoms with Gasteiger partial charge in [-0.15, -0.1) is 0 Å². The molecule has 5 nitrogen and oxygen atoms in total. The van der Waals surface area contributed by atoms with Crippen LogP contribution in [-0.2, 0) is 24.1 Å². The Hall–Kier alpha value is -0.910. The van der Waals surface area contributed by atoms with E-state index in [1.54, 1.807) is 0 Å². The Morgan fingerprint density at radius 3 is 2.90 bits per heavy atom. The molecule has 0 amide bonds. The van der Waals surface area contributed by atoms with Gasteiger partial charge in [0.2, 0.25) is 0 Å². The lowest BCUT2D eigenvalue weighted by atomic mass is 10.1. The van der Waals surface area contributed by atoms with E-state index in [0.29, 0.717) is 6.04 Å². The lowest BCUT2D eigenvalue weighted by Crippen LogP contribution is -2.40. The molecule has 0 saturated carbocycles. The summed E-state index contributed by atoms with van der Waals surface area (Å²) in [4.78, 5) is 7.36. The molecule has 20 heavy (non-hydrogen) atoms. The van der Waals surface area contributed by atoms with Crippen molar-refractivity contribution >= 4 is 0 Å². The number of fused-ring (bicyclic) bond motifs is 1. The van der Waals surface area contributed by atoms with Gasteiger partial charge >= 0.3 is 0 Å². The highest BCUT2D eigenvalue weighted by molar-refractivity contribution is 5.21. The molecule has 3 heterocycles. The van der Waals surface area contributed by atoms with Gasteiger partial charge in [-0.25, -0.2) is 4.98 Å².